The smallest absolute Gasteiger partial charge is 0.252 e. The summed E-state index contributed by atoms with van der Waals surface area (Å²) in [7, 11) is 3.32. The van der Waals surface area contributed by atoms with Crippen molar-refractivity contribution in [1.29, 1.82) is 0 Å². The molecule has 6 heteroatoms. The number of carbonyl (C=O) groups excluding carboxylic acids is 1. The summed E-state index contributed by atoms with van der Waals surface area (Å²) >= 11 is 0. The third kappa shape index (κ3) is 2.89. The van der Waals surface area contributed by atoms with Crippen LogP contribution < -0.4 is 10.9 Å². The molecule has 0 spiro atoms. The number of amides is 1. The predicted octanol–water partition coefficient (Wildman–Crippen LogP) is -0.730. The molecule has 0 unspecified atom stereocenters. The van der Waals surface area contributed by atoms with Crippen molar-refractivity contribution >= 4 is 11.7 Å². The summed E-state index contributed by atoms with van der Waals surface area (Å²) in [5.74, 6) is 0.316. The van der Waals surface area contributed by atoms with Crippen LogP contribution in [0.25, 0.3) is 0 Å². The fraction of sp³-hybridized carbons (Fsp3) is 0.375. The van der Waals surface area contributed by atoms with Gasteiger partial charge in [0, 0.05) is 20.2 Å². The molecule has 1 aromatic rings. The number of carbonyl (C=O) groups is 1. The summed E-state index contributed by atoms with van der Waals surface area (Å²) in [6.45, 7) is 0.128. The number of hydrogen-bond donors (Lipinski definition) is 2. The topological polar surface area (TPSA) is 78.1 Å². The van der Waals surface area contributed by atoms with Gasteiger partial charge in [0.15, 0.2) is 0 Å². The maximum Gasteiger partial charge on any atom is 0.252 e. The van der Waals surface area contributed by atoms with Crippen LogP contribution in [-0.4, -0.2) is 41.4 Å². The first-order chi connectivity index (χ1) is 6.59. The molecule has 0 aliphatic heterocycles. The molecule has 0 aromatic carbocycles. The molecule has 0 aliphatic rings. The lowest BCUT2D eigenvalue weighted by atomic mass is 10.5. The van der Waals surface area contributed by atoms with Gasteiger partial charge in [0.25, 0.3) is 5.56 Å². The van der Waals surface area contributed by atoms with Gasteiger partial charge < -0.3 is 15.2 Å². The van der Waals surface area contributed by atoms with Crippen LogP contribution in [-0.2, 0) is 4.79 Å². The first-order valence-corrected chi connectivity index (χ1v) is 4.08. The van der Waals surface area contributed by atoms with Gasteiger partial charge in [0.05, 0.1) is 12.9 Å². The third-order valence-electron chi connectivity index (χ3n) is 1.60. The highest BCUT2D eigenvalue weighted by atomic mass is 16.2. The summed E-state index contributed by atoms with van der Waals surface area (Å²) in [6.07, 6.45) is 1.28. The van der Waals surface area contributed by atoms with Gasteiger partial charge in [0.1, 0.15) is 5.82 Å². The van der Waals surface area contributed by atoms with Crippen molar-refractivity contribution in [3.8, 4) is 0 Å². The lowest BCUT2D eigenvalue weighted by molar-refractivity contribution is -0.126. The number of rotatable bonds is 3. The van der Waals surface area contributed by atoms with Crippen LogP contribution >= 0.6 is 0 Å². The number of H-pyrrole nitrogens is 1. The SMILES string of the molecule is CN(C)C(=O)CNc1cc(=O)[nH]cn1. The van der Waals surface area contributed by atoms with E-state index in [2.05, 4.69) is 15.3 Å². The molecule has 0 radical (unpaired) electrons. The quantitative estimate of drug-likeness (QED) is 0.668. The Kier molecular flexibility index (Phi) is 3.22. The summed E-state index contributed by atoms with van der Waals surface area (Å²) in [5.41, 5.74) is -0.250. The molecule has 76 valence electrons. The Balaban J connectivity index is 2.54. The van der Waals surface area contributed by atoms with Gasteiger partial charge in [-0.05, 0) is 0 Å². The number of nitrogens with one attached hydrogen (secondary N) is 2. The normalized spacial score (nSPS) is 9.57. The second-order valence-electron chi connectivity index (χ2n) is 2.94. The number of likely N-dealkylation sites (N-methyl/N-ethyl adjacent to an activating group) is 1. The van der Waals surface area contributed by atoms with Crippen molar-refractivity contribution in [3.05, 3.63) is 22.7 Å². The predicted molar refractivity (Wildman–Crippen MR) is 52.0 cm³/mol. The van der Waals surface area contributed by atoms with E-state index in [-0.39, 0.29) is 18.0 Å². The minimum Gasteiger partial charge on any atom is -0.361 e. The van der Waals surface area contributed by atoms with E-state index in [0.29, 0.717) is 5.82 Å². The molecular formula is C8H12N4O2. The van der Waals surface area contributed by atoms with Crippen LogP contribution in [0.15, 0.2) is 17.2 Å². The maximum absolute atomic E-state index is 11.2. The van der Waals surface area contributed by atoms with Crippen LogP contribution in [0.4, 0.5) is 5.82 Å². The van der Waals surface area contributed by atoms with Gasteiger partial charge >= 0.3 is 0 Å². The third-order valence-corrected chi connectivity index (χ3v) is 1.60. The molecule has 0 fully saturated rings. The number of aromatic nitrogens is 2. The summed E-state index contributed by atoms with van der Waals surface area (Å²) in [4.78, 5) is 29.7. The number of anilines is 1. The Labute approximate surface area is 81.0 Å². The largest absolute Gasteiger partial charge is 0.361 e. The van der Waals surface area contributed by atoms with Crippen molar-refractivity contribution in [2.75, 3.05) is 26.0 Å². The molecule has 0 bridgehead atoms. The zero-order valence-electron chi connectivity index (χ0n) is 8.07. The van der Waals surface area contributed by atoms with E-state index >= 15 is 0 Å². The lowest BCUT2D eigenvalue weighted by Gasteiger charge is -2.10. The van der Waals surface area contributed by atoms with E-state index in [4.69, 9.17) is 0 Å². The maximum atomic E-state index is 11.2. The lowest BCUT2D eigenvalue weighted by Crippen LogP contribution is -2.29. The fourth-order valence-electron chi connectivity index (χ4n) is 0.790. The van der Waals surface area contributed by atoms with E-state index in [0.717, 1.165) is 0 Å². The van der Waals surface area contributed by atoms with Crippen molar-refractivity contribution in [1.82, 2.24) is 14.9 Å². The molecule has 0 saturated carbocycles. The van der Waals surface area contributed by atoms with Gasteiger partial charge in [-0.2, -0.15) is 0 Å². The summed E-state index contributed by atoms with van der Waals surface area (Å²) in [6, 6.07) is 1.29. The van der Waals surface area contributed by atoms with Gasteiger partial charge in [-0.15, -0.1) is 0 Å². The Hall–Kier alpha value is -1.85. The molecule has 14 heavy (non-hydrogen) atoms. The number of nitrogens with zero attached hydrogens (tertiary/aromatic N) is 2. The summed E-state index contributed by atoms with van der Waals surface area (Å²) in [5, 5.41) is 2.74. The molecule has 1 aromatic heterocycles. The number of hydrogen-bond acceptors (Lipinski definition) is 4. The fourth-order valence-corrected chi connectivity index (χ4v) is 0.790. The second kappa shape index (κ2) is 4.40. The Morgan fingerprint density at radius 3 is 2.93 bits per heavy atom. The first kappa shape index (κ1) is 10.2. The van der Waals surface area contributed by atoms with Crippen molar-refractivity contribution in [2.45, 2.75) is 0 Å². The van der Waals surface area contributed by atoms with E-state index in [1.165, 1.54) is 17.3 Å². The van der Waals surface area contributed by atoms with Crippen LogP contribution in [0, 0.1) is 0 Å². The average Bonchev–Trinajstić information content (AvgIpc) is 2.14. The molecule has 0 saturated heterocycles. The number of aromatic amines is 1. The Morgan fingerprint density at radius 2 is 2.36 bits per heavy atom. The van der Waals surface area contributed by atoms with Crippen LogP contribution in [0.3, 0.4) is 0 Å². The molecular weight excluding hydrogens is 184 g/mol. The van der Waals surface area contributed by atoms with Gasteiger partial charge in [-0.25, -0.2) is 4.98 Å². The zero-order valence-corrected chi connectivity index (χ0v) is 8.07. The molecule has 6 nitrogen and oxygen atoms in total. The Morgan fingerprint density at radius 1 is 1.64 bits per heavy atom. The molecule has 1 heterocycles. The van der Waals surface area contributed by atoms with Gasteiger partial charge in [0.2, 0.25) is 5.91 Å². The molecule has 0 atom stereocenters. The van der Waals surface area contributed by atoms with Crippen molar-refractivity contribution in [3.63, 3.8) is 0 Å². The van der Waals surface area contributed by atoms with Crippen molar-refractivity contribution in [2.24, 2.45) is 0 Å². The van der Waals surface area contributed by atoms with Gasteiger partial charge in [-0.1, -0.05) is 0 Å². The van der Waals surface area contributed by atoms with Crippen LogP contribution in [0.1, 0.15) is 0 Å². The summed E-state index contributed by atoms with van der Waals surface area (Å²) < 4.78 is 0. The van der Waals surface area contributed by atoms with Gasteiger partial charge in [-0.3, -0.25) is 9.59 Å². The van der Waals surface area contributed by atoms with Crippen molar-refractivity contribution < 1.29 is 4.79 Å². The molecule has 1 amide bonds. The van der Waals surface area contributed by atoms with Crippen LogP contribution in [0.5, 0.6) is 0 Å². The monoisotopic (exact) mass is 196 g/mol. The Bertz CT molecular complexity index is 372. The highest BCUT2D eigenvalue weighted by Gasteiger charge is 2.03. The minimum atomic E-state index is -0.250. The highest BCUT2D eigenvalue weighted by Crippen LogP contribution is 1.93. The molecule has 2 N–H and O–H groups in total. The van der Waals surface area contributed by atoms with E-state index in [9.17, 15) is 9.59 Å². The average molecular weight is 196 g/mol. The molecule has 0 aliphatic carbocycles. The first-order valence-electron chi connectivity index (χ1n) is 4.08. The standard InChI is InChI=1S/C8H12N4O2/c1-12(2)8(14)4-9-6-3-7(13)11-5-10-6/h3,5H,4H2,1-2H3,(H2,9,10,11,13). The zero-order chi connectivity index (χ0) is 10.6. The van der Waals surface area contributed by atoms with Crippen LogP contribution in [0.2, 0.25) is 0 Å². The molecule has 1 rings (SSSR count). The van der Waals surface area contributed by atoms with E-state index in [1.807, 2.05) is 0 Å². The van der Waals surface area contributed by atoms with E-state index in [1.54, 1.807) is 14.1 Å². The minimum absolute atomic E-state index is 0.0768. The highest BCUT2D eigenvalue weighted by molar-refractivity contribution is 5.79. The second-order valence-corrected chi connectivity index (χ2v) is 2.94. The van der Waals surface area contributed by atoms with E-state index < -0.39 is 0 Å².